The molecule has 0 saturated carbocycles. The van der Waals surface area contributed by atoms with E-state index in [4.69, 9.17) is 0 Å². The van der Waals surface area contributed by atoms with Crippen molar-refractivity contribution in [2.45, 2.75) is 156 Å². The number of rotatable bonds is 4. The fourth-order valence-electron chi connectivity index (χ4n) is 11.5. The molecule has 7 aromatic carbocycles. The van der Waals surface area contributed by atoms with Gasteiger partial charge in [0.2, 0.25) is 0 Å². The Labute approximate surface area is 416 Å². The molecular formula is C66H75BN2. The van der Waals surface area contributed by atoms with Crippen LogP contribution in [0.25, 0.3) is 22.3 Å². The molecule has 0 N–H and O–H groups in total. The van der Waals surface area contributed by atoms with Crippen LogP contribution in [-0.2, 0) is 32.5 Å². The standard InChI is InChI=1S/C66H75BN2/c1-61(2,3)45-23-20-24-49(35-45)68-56-37-47(63(7,8)9)29-31-53(56)67-54-40-51-52(66(15,16)34-33-65(51,13)14)41-57(54)69(59-39-48(64(10,11)12)38-58(68)60(59)67)55-32-30-46(62(4,5)6)36-50(55)44-27-25-43(26-28-44)42-21-18-17-19-22-42/h17-32,35-41H,33-34H2,1-16H3. The highest BCUT2D eigenvalue weighted by molar-refractivity contribution is 7.00. The van der Waals surface area contributed by atoms with Crippen molar-refractivity contribution in [1.29, 1.82) is 0 Å². The van der Waals surface area contributed by atoms with Crippen LogP contribution in [0.2, 0.25) is 0 Å². The second-order valence-electron chi connectivity index (χ2n) is 26.3. The molecule has 0 bridgehead atoms. The maximum atomic E-state index is 2.71. The largest absolute Gasteiger partial charge is 0.311 e. The van der Waals surface area contributed by atoms with Gasteiger partial charge in [-0.3, -0.25) is 0 Å². The van der Waals surface area contributed by atoms with Gasteiger partial charge < -0.3 is 9.80 Å². The van der Waals surface area contributed by atoms with Gasteiger partial charge >= 0.3 is 0 Å². The molecule has 2 aliphatic heterocycles. The van der Waals surface area contributed by atoms with Gasteiger partial charge in [0.15, 0.2) is 0 Å². The van der Waals surface area contributed by atoms with Gasteiger partial charge in [-0.25, -0.2) is 0 Å². The summed E-state index contributed by atoms with van der Waals surface area (Å²) >= 11 is 0. The average Bonchev–Trinajstić information content (AvgIpc) is 3.29. The van der Waals surface area contributed by atoms with E-state index in [1.165, 1.54) is 106 Å². The van der Waals surface area contributed by atoms with E-state index in [0.29, 0.717) is 0 Å². The molecule has 0 aromatic heterocycles. The van der Waals surface area contributed by atoms with Crippen molar-refractivity contribution in [3.63, 3.8) is 0 Å². The van der Waals surface area contributed by atoms with Crippen LogP contribution in [0, 0.1) is 0 Å². The minimum Gasteiger partial charge on any atom is -0.311 e. The molecule has 3 aliphatic rings. The molecule has 0 atom stereocenters. The van der Waals surface area contributed by atoms with Gasteiger partial charge in [-0.15, -0.1) is 0 Å². The number of nitrogens with zero attached hydrogens (tertiary/aromatic N) is 2. The predicted molar refractivity (Wildman–Crippen MR) is 301 cm³/mol. The topological polar surface area (TPSA) is 6.48 Å². The van der Waals surface area contributed by atoms with Crippen LogP contribution in [0.1, 0.15) is 157 Å². The first kappa shape index (κ1) is 46.9. The number of fused-ring (bicyclic) bond motifs is 5. The molecule has 0 amide bonds. The summed E-state index contributed by atoms with van der Waals surface area (Å²) in [7, 11) is 0. The first-order chi connectivity index (χ1) is 32.2. The fraction of sp³-hybridized carbons (Fsp3) is 0.364. The molecule has 0 saturated heterocycles. The minimum atomic E-state index is -0.131. The van der Waals surface area contributed by atoms with Crippen LogP contribution >= 0.6 is 0 Å². The van der Waals surface area contributed by atoms with Crippen molar-refractivity contribution in [2.75, 3.05) is 9.80 Å². The second kappa shape index (κ2) is 15.9. The molecule has 2 nitrogen and oxygen atoms in total. The number of hydrogen-bond donors (Lipinski definition) is 0. The van der Waals surface area contributed by atoms with Crippen molar-refractivity contribution < 1.29 is 0 Å². The third-order valence-corrected chi connectivity index (χ3v) is 16.2. The van der Waals surface area contributed by atoms with E-state index >= 15 is 0 Å². The Balaban J connectivity index is 1.35. The lowest BCUT2D eigenvalue weighted by Crippen LogP contribution is -2.62. The van der Waals surface area contributed by atoms with Gasteiger partial charge in [-0.1, -0.05) is 202 Å². The SMILES string of the molecule is CC(C)(C)c1cccc(N2c3cc(C(C)(C)C)ccc3B3c4cc5c(cc4N(c4ccc(C(C)(C)C)cc4-c4ccc(-c6ccccc6)cc4)c4cc(C(C)(C)C)cc2c43)C(C)(C)CCC5(C)C)c1. The molecule has 3 heteroatoms. The van der Waals surface area contributed by atoms with Crippen molar-refractivity contribution in [3.05, 3.63) is 173 Å². The Morgan fingerprint density at radius 3 is 1.48 bits per heavy atom. The molecule has 0 unspecified atom stereocenters. The number of hydrogen-bond acceptors (Lipinski definition) is 2. The quantitative estimate of drug-likeness (QED) is 0.162. The van der Waals surface area contributed by atoms with Crippen LogP contribution < -0.4 is 26.2 Å². The molecular weight excluding hydrogens is 832 g/mol. The van der Waals surface area contributed by atoms with Crippen molar-refractivity contribution in [1.82, 2.24) is 0 Å². The number of anilines is 6. The van der Waals surface area contributed by atoms with Gasteiger partial charge in [0.25, 0.3) is 6.71 Å². The third-order valence-electron chi connectivity index (χ3n) is 16.2. The van der Waals surface area contributed by atoms with Crippen LogP contribution in [0.4, 0.5) is 34.1 Å². The molecule has 7 aromatic rings. The van der Waals surface area contributed by atoms with Crippen molar-refractivity contribution in [3.8, 4) is 22.3 Å². The van der Waals surface area contributed by atoms with Gasteiger partial charge in [0, 0.05) is 34.0 Å². The van der Waals surface area contributed by atoms with E-state index in [2.05, 4.69) is 260 Å². The average molecular weight is 907 g/mol. The van der Waals surface area contributed by atoms with E-state index in [9.17, 15) is 0 Å². The summed E-state index contributed by atoms with van der Waals surface area (Å²) < 4.78 is 0. The zero-order chi connectivity index (χ0) is 49.4. The van der Waals surface area contributed by atoms with Crippen LogP contribution in [0.15, 0.2) is 140 Å². The predicted octanol–water partition coefficient (Wildman–Crippen LogP) is 16.6. The summed E-state index contributed by atoms with van der Waals surface area (Å²) in [6.45, 7) is 38.2. The highest BCUT2D eigenvalue weighted by Crippen LogP contribution is 2.53. The van der Waals surface area contributed by atoms with Crippen molar-refractivity contribution in [2.24, 2.45) is 0 Å². The zero-order valence-corrected chi connectivity index (χ0v) is 44.7. The first-order valence-electron chi connectivity index (χ1n) is 25.8. The molecule has 0 fully saturated rings. The molecule has 2 heterocycles. The lowest BCUT2D eigenvalue weighted by Gasteiger charge is -2.48. The van der Waals surface area contributed by atoms with E-state index in [-0.39, 0.29) is 39.2 Å². The summed E-state index contributed by atoms with van der Waals surface area (Å²) in [5.41, 5.74) is 24.8. The zero-order valence-electron chi connectivity index (χ0n) is 44.7. The van der Waals surface area contributed by atoms with Gasteiger partial charge in [0.1, 0.15) is 0 Å². The molecule has 352 valence electrons. The maximum Gasteiger partial charge on any atom is 0.252 e. The monoisotopic (exact) mass is 907 g/mol. The summed E-state index contributed by atoms with van der Waals surface area (Å²) in [6, 6.07) is 54.8. The molecule has 1 aliphatic carbocycles. The third kappa shape index (κ3) is 8.06. The Kier molecular flexibility index (Phi) is 10.8. The minimum absolute atomic E-state index is 0.0125. The molecule has 69 heavy (non-hydrogen) atoms. The lowest BCUT2D eigenvalue weighted by molar-refractivity contribution is 0.332. The van der Waals surface area contributed by atoms with E-state index in [1.54, 1.807) is 0 Å². The summed E-state index contributed by atoms with van der Waals surface area (Å²) in [5.74, 6) is 0. The van der Waals surface area contributed by atoms with Crippen LogP contribution in [-0.4, -0.2) is 6.71 Å². The number of benzene rings is 7. The van der Waals surface area contributed by atoms with Gasteiger partial charge in [0.05, 0.1) is 5.69 Å². The Bertz CT molecular complexity index is 3140. The maximum absolute atomic E-state index is 2.71. The Morgan fingerprint density at radius 2 is 0.870 bits per heavy atom. The smallest absolute Gasteiger partial charge is 0.252 e. The normalized spacial score (nSPS) is 16.1. The highest BCUT2D eigenvalue weighted by Gasteiger charge is 2.47. The van der Waals surface area contributed by atoms with Crippen LogP contribution in [0.3, 0.4) is 0 Å². The summed E-state index contributed by atoms with van der Waals surface area (Å²) in [6.07, 6.45) is 2.32. The molecule has 0 spiro atoms. The van der Waals surface area contributed by atoms with Crippen molar-refractivity contribution >= 4 is 57.2 Å². The van der Waals surface area contributed by atoms with Gasteiger partial charge in [-0.2, -0.15) is 0 Å². The van der Waals surface area contributed by atoms with E-state index in [0.717, 1.165) is 12.8 Å². The lowest BCUT2D eigenvalue weighted by atomic mass is 9.33. The molecule has 0 radical (unpaired) electrons. The van der Waals surface area contributed by atoms with Crippen LogP contribution in [0.5, 0.6) is 0 Å². The van der Waals surface area contributed by atoms with E-state index < -0.39 is 0 Å². The van der Waals surface area contributed by atoms with E-state index in [1.807, 2.05) is 0 Å². The van der Waals surface area contributed by atoms with Gasteiger partial charge in [-0.05, 0) is 160 Å². The summed E-state index contributed by atoms with van der Waals surface area (Å²) in [4.78, 5) is 5.36. The Hall–Kier alpha value is -5.80. The second-order valence-corrected chi connectivity index (χ2v) is 26.3. The summed E-state index contributed by atoms with van der Waals surface area (Å²) in [5, 5.41) is 0. The fourth-order valence-corrected chi connectivity index (χ4v) is 11.5. The Morgan fingerprint density at radius 1 is 0.377 bits per heavy atom. The first-order valence-corrected chi connectivity index (χ1v) is 25.8. The highest BCUT2D eigenvalue weighted by atomic mass is 15.2. The molecule has 10 rings (SSSR count).